The summed E-state index contributed by atoms with van der Waals surface area (Å²) in [7, 11) is -2.73. The van der Waals surface area contributed by atoms with E-state index in [0.29, 0.717) is 0 Å². The topological polar surface area (TPSA) is 8.17 Å². The summed E-state index contributed by atoms with van der Waals surface area (Å²) in [6.07, 6.45) is 0. The second-order valence-electron chi connectivity index (χ2n) is 13.0. The van der Waals surface area contributed by atoms with E-state index >= 15 is 0 Å². The molecule has 51 heavy (non-hydrogen) atoms. The summed E-state index contributed by atoms with van der Waals surface area (Å²) in [5.41, 5.74) is 6.90. The molecule has 0 aliphatic rings. The highest BCUT2D eigenvalue weighted by molar-refractivity contribution is 7.20. The Labute approximate surface area is 300 Å². The summed E-state index contributed by atoms with van der Waals surface area (Å²) in [6.45, 7) is 0. The summed E-state index contributed by atoms with van der Waals surface area (Å²) >= 11 is 0. The number of aromatic nitrogens is 1. The normalized spacial score (nSPS) is 11.5. The molecule has 0 saturated carbocycles. The first-order valence-corrected chi connectivity index (χ1v) is 19.5. The molecule has 2 nitrogen and oxygen atoms in total. The lowest BCUT2D eigenvalue weighted by Crippen LogP contribution is -2.74. The fourth-order valence-electron chi connectivity index (χ4n) is 7.90. The first-order chi connectivity index (χ1) is 25.3. The Morgan fingerprint density at radius 3 is 1.18 bits per heavy atom. The van der Waals surface area contributed by atoms with E-state index in [1.54, 1.807) is 0 Å². The number of benzene rings is 8. The molecule has 242 valence electrons. The molecule has 0 saturated heterocycles. The van der Waals surface area contributed by atoms with Crippen LogP contribution in [0.25, 0.3) is 27.5 Å². The molecule has 3 heteroatoms. The predicted octanol–water partition coefficient (Wildman–Crippen LogP) is 9.63. The summed E-state index contributed by atoms with van der Waals surface area (Å²) in [5, 5.41) is 7.94. The molecule has 0 aliphatic carbocycles. The number of anilines is 3. The van der Waals surface area contributed by atoms with Gasteiger partial charge in [-0.05, 0) is 81.4 Å². The van der Waals surface area contributed by atoms with Gasteiger partial charge in [0.25, 0.3) is 0 Å². The number of para-hydroxylation sites is 3. The lowest BCUT2D eigenvalue weighted by molar-refractivity contribution is 1.18. The van der Waals surface area contributed by atoms with Gasteiger partial charge in [-0.2, -0.15) is 0 Å². The molecule has 0 amide bonds. The highest BCUT2D eigenvalue weighted by atomic mass is 28.3. The third-order valence-electron chi connectivity index (χ3n) is 10.1. The highest BCUT2D eigenvalue weighted by Gasteiger charge is 2.41. The quantitative estimate of drug-likeness (QED) is 0.116. The van der Waals surface area contributed by atoms with Crippen LogP contribution < -0.4 is 25.6 Å². The maximum atomic E-state index is 2.51. The van der Waals surface area contributed by atoms with Crippen molar-refractivity contribution in [1.29, 1.82) is 0 Å². The molecule has 9 rings (SSSR count). The highest BCUT2D eigenvalue weighted by Crippen LogP contribution is 2.39. The van der Waals surface area contributed by atoms with E-state index < -0.39 is 8.07 Å². The van der Waals surface area contributed by atoms with E-state index in [4.69, 9.17) is 0 Å². The van der Waals surface area contributed by atoms with Crippen molar-refractivity contribution in [3.05, 3.63) is 218 Å². The van der Waals surface area contributed by atoms with Gasteiger partial charge in [0.2, 0.25) is 0 Å². The van der Waals surface area contributed by atoms with Crippen LogP contribution in [0.3, 0.4) is 0 Å². The van der Waals surface area contributed by atoms with Crippen molar-refractivity contribution in [2.45, 2.75) is 0 Å². The Morgan fingerprint density at radius 1 is 0.314 bits per heavy atom. The van der Waals surface area contributed by atoms with E-state index in [9.17, 15) is 0 Å². The molecule has 0 fully saturated rings. The largest absolute Gasteiger partial charge is 0.310 e. The van der Waals surface area contributed by atoms with E-state index in [1.165, 1.54) is 42.6 Å². The number of nitrogens with zero attached hydrogens (tertiary/aromatic N) is 2. The standard InChI is InChI=1S/C48H36N2Si/c1-7-19-37(20-8-1)49(38-21-9-2-10-22-38)40-31-33-47-45(35-40)46-36-44(32-34-48(46)50(47)39-23-11-3-12-24-39)51(41-25-13-4-14-26-41,42-27-15-5-16-28-42)43-29-17-6-18-30-43/h1-36H. The van der Waals surface area contributed by atoms with Gasteiger partial charge in [-0.25, -0.2) is 0 Å². The summed E-state index contributed by atoms with van der Waals surface area (Å²) in [5.74, 6) is 0. The van der Waals surface area contributed by atoms with Crippen molar-refractivity contribution in [3.8, 4) is 5.69 Å². The Hall–Kier alpha value is -6.42. The molecule has 0 aliphatic heterocycles. The number of hydrogen-bond acceptors (Lipinski definition) is 1. The van der Waals surface area contributed by atoms with Crippen LogP contribution in [0.2, 0.25) is 0 Å². The van der Waals surface area contributed by atoms with Crippen LogP contribution in [0.4, 0.5) is 17.1 Å². The minimum absolute atomic E-state index is 1.12. The molecule has 9 aromatic rings. The van der Waals surface area contributed by atoms with E-state index in [2.05, 4.69) is 228 Å². The van der Waals surface area contributed by atoms with Gasteiger partial charge in [0.05, 0.1) is 11.0 Å². The molecule has 0 unspecified atom stereocenters. The summed E-state index contributed by atoms with van der Waals surface area (Å²) in [6, 6.07) is 79.8. The van der Waals surface area contributed by atoms with E-state index in [0.717, 1.165) is 22.7 Å². The van der Waals surface area contributed by atoms with Crippen molar-refractivity contribution in [3.63, 3.8) is 0 Å². The zero-order valence-electron chi connectivity index (χ0n) is 28.2. The summed E-state index contributed by atoms with van der Waals surface area (Å²) < 4.78 is 2.42. The first kappa shape index (κ1) is 30.6. The molecular formula is C48H36N2Si. The maximum absolute atomic E-state index is 2.73. The predicted molar refractivity (Wildman–Crippen MR) is 219 cm³/mol. The SMILES string of the molecule is c1ccc(N(c2ccccc2)c2ccc3c(c2)c2cc([Si](c4ccccc4)(c4ccccc4)c4ccccc4)ccc2n3-c2ccccc2)cc1. The van der Waals surface area contributed by atoms with Gasteiger partial charge in [-0.3, -0.25) is 0 Å². The van der Waals surface area contributed by atoms with Gasteiger partial charge in [-0.1, -0.05) is 158 Å². The van der Waals surface area contributed by atoms with Gasteiger partial charge >= 0.3 is 0 Å². The molecule has 0 bridgehead atoms. The van der Waals surface area contributed by atoms with Crippen LogP contribution in [0.5, 0.6) is 0 Å². The zero-order valence-corrected chi connectivity index (χ0v) is 29.2. The third kappa shape index (κ3) is 5.27. The van der Waals surface area contributed by atoms with E-state index in [1.807, 2.05) is 0 Å². The lowest BCUT2D eigenvalue weighted by Gasteiger charge is -2.34. The summed E-state index contributed by atoms with van der Waals surface area (Å²) in [4.78, 5) is 2.35. The lowest BCUT2D eigenvalue weighted by atomic mass is 10.1. The molecule has 1 aromatic heterocycles. The Balaban J connectivity index is 1.37. The van der Waals surface area contributed by atoms with Crippen molar-refractivity contribution in [2.24, 2.45) is 0 Å². The van der Waals surface area contributed by atoms with Crippen LogP contribution in [-0.2, 0) is 0 Å². The fourth-order valence-corrected chi connectivity index (χ4v) is 12.7. The molecule has 0 radical (unpaired) electrons. The van der Waals surface area contributed by atoms with Gasteiger partial charge in [-0.15, -0.1) is 0 Å². The number of fused-ring (bicyclic) bond motifs is 3. The minimum Gasteiger partial charge on any atom is -0.310 e. The average Bonchev–Trinajstić information content (AvgIpc) is 3.54. The Kier molecular flexibility index (Phi) is 7.88. The second-order valence-corrected chi connectivity index (χ2v) is 16.8. The average molecular weight is 669 g/mol. The first-order valence-electron chi connectivity index (χ1n) is 17.5. The maximum Gasteiger partial charge on any atom is 0.179 e. The zero-order chi connectivity index (χ0) is 34.0. The number of rotatable bonds is 8. The van der Waals surface area contributed by atoms with Crippen molar-refractivity contribution in [1.82, 2.24) is 4.57 Å². The Bertz CT molecular complexity index is 2410. The monoisotopic (exact) mass is 668 g/mol. The van der Waals surface area contributed by atoms with Crippen molar-refractivity contribution < 1.29 is 0 Å². The van der Waals surface area contributed by atoms with Gasteiger partial charge in [0.15, 0.2) is 8.07 Å². The third-order valence-corrected chi connectivity index (χ3v) is 14.9. The molecule has 8 aromatic carbocycles. The molecular weight excluding hydrogens is 633 g/mol. The van der Waals surface area contributed by atoms with Crippen molar-refractivity contribution >= 4 is 67.7 Å². The van der Waals surface area contributed by atoms with Crippen LogP contribution in [0.15, 0.2) is 218 Å². The molecule has 0 atom stereocenters. The molecule has 0 spiro atoms. The Morgan fingerprint density at radius 2 is 0.706 bits per heavy atom. The molecule has 0 N–H and O–H groups in total. The van der Waals surface area contributed by atoms with Gasteiger partial charge in [0.1, 0.15) is 0 Å². The van der Waals surface area contributed by atoms with Crippen LogP contribution in [-0.4, -0.2) is 12.6 Å². The van der Waals surface area contributed by atoms with Crippen LogP contribution in [0.1, 0.15) is 0 Å². The smallest absolute Gasteiger partial charge is 0.179 e. The van der Waals surface area contributed by atoms with Crippen LogP contribution in [0, 0.1) is 0 Å². The van der Waals surface area contributed by atoms with Crippen molar-refractivity contribution in [2.75, 3.05) is 4.90 Å². The van der Waals surface area contributed by atoms with Crippen LogP contribution >= 0.6 is 0 Å². The van der Waals surface area contributed by atoms with Gasteiger partial charge in [0, 0.05) is 33.5 Å². The minimum atomic E-state index is -2.73. The number of hydrogen-bond donors (Lipinski definition) is 0. The second kappa shape index (κ2) is 13.1. The fraction of sp³-hybridized carbons (Fsp3) is 0. The van der Waals surface area contributed by atoms with Gasteiger partial charge < -0.3 is 9.47 Å². The molecule has 1 heterocycles. The van der Waals surface area contributed by atoms with E-state index in [-0.39, 0.29) is 0 Å².